The molecule has 29 heavy (non-hydrogen) atoms. The van der Waals surface area contributed by atoms with Crippen LogP contribution in [0.2, 0.25) is 0 Å². The first-order valence-corrected chi connectivity index (χ1v) is 7.89. The monoisotopic (exact) mass is 423 g/mol. The van der Waals surface area contributed by atoms with Crippen LogP contribution < -0.4 is 19.5 Å². The summed E-state index contributed by atoms with van der Waals surface area (Å²) in [6.07, 6.45) is -15.5. The van der Waals surface area contributed by atoms with Crippen LogP contribution in [0.5, 0.6) is 17.2 Å². The normalized spacial score (nSPS) is 12.8. The number of alkyl halides is 6. The van der Waals surface area contributed by atoms with E-state index >= 15 is 0 Å². The summed E-state index contributed by atoms with van der Waals surface area (Å²) >= 11 is 0. The zero-order chi connectivity index (χ0) is 21.8. The molecule has 0 aliphatic carbocycles. The van der Waals surface area contributed by atoms with E-state index in [1.807, 2.05) is 0 Å². The number of carbonyl (C=O) groups excluding carboxylic acids is 1. The number of amides is 1. The summed E-state index contributed by atoms with van der Waals surface area (Å²) in [6, 6.07) is 8.36. The SMILES string of the molecule is COc1ccc(C(=O)Nc2cccc(OC(F)(F)[C@H](F)C(F)(F)F)c2)cc1OC. The van der Waals surface area contributed by atoms with E-state index in [9.17, 15) is 31.1 Å². The second kappa shape index (κ2) is 8.50. The molecule has 1 N–H and O–H groups in total. The molecule has 158 valence electrons. The molecular formula is C18H15F6NO4. The Balaban J connectivity index is 2.17. The fourth-order valence-corrected chi connectivity index (χ4v) is 2.22. The Morgan fingerprint density at radius 1 is 0.966 bits per heavy atom. The van der Waals surface area contributed by atoms with Crippen molar-refractivity contribution in [3.05, 3.63) is 48.0 Å². The van der Waals surface area contributed by atoms with Gasteiger partial charge in [0.05, 0.1) is 14.2 Å². The number of rotatable bonds is 7. The zero-order valence-corrected chi connectivity index (χ0v) is 15.0. The zero-order valence-electron chi connectivity index (χ0n) is 15.0. The van der Waals surface area contributed by atoms with Crippen LogP contribution in [-0.4, -0.2) is 38.6 Å². The summed E-state index contributed by atoms with van der Waals surface area (Å²) in [6.45, 7) is 0. The number of methoxy groups -OCH3 is 2. The minimum Gasteiger partial charge on any atom is -0.493 e. The first-order chi connectivity index (χ1) is 13.5. The largest absolute Gasteiger partial charge is 0.493 e. The van der Waals surface area contributed by atoms with Gasteiger partial charge in [-0.2, -0.15) is 22.0 Å². The lowest BCUT2D eigenvalue weighted by Gasteiger charge is -2.23. The average molecular weight is 423 g/mol. The minimum absolute atomic E-state index is 0.0690. The molecule has 0 saturated carbocycles. The van der Waals surface area contributed by atoms with Crippen LogP contribution in [0.25, 0.3) is 0 Å². The van der Waals surface area contributed by atoms with Gasteiger partial charge in [-0.1, -0.05) is 6.07 Å². The van der Waals surface area contributed by atoms with Crippen molar-refractivity contribution in [1.82, 2.24) is 0 Å². The Hall–Kier alpha value is -3.11. The van der Waals surface area contributed by atoms with Crippen LogP contribution in [0, 0.1) is 0 Å². The third kappa shape index (κ3) is 5.46. The first-order valence-electron chi connectivity index (χ1n) is 7.89. The highest BCUT2D eigenvalue weighted by molar-refractivity contribution is 6.04. The van der Waals surface area contributed by atoms with Crippen LogP contribution in [0.3, 0.4) is 0 Å². The van der Waals surface area contributed by atoms with E-state index in [0.717, 1.165) is 18.2 Å². The molecule has 11 heteroatoms. The van der Waals surface area contributed by atoms with Gasteiger partial charge in [-0.3, -0.25) is 4.79 Å². The Morgan fingerprint density at radius 2 is 1.62 bits per heavy atom. The topological polar surface area (TPSA) is 56.8 Å². The molecule has 1 amide bonds. The number of ether oxygens (including phenoxy) is 3. The third-order valence-corrected chi connectivity index (χ3v) is 3.57. The fourth-order valence-electron chi connectivity index (χ4n) is 2.22. The van der Waals surface area contributed by atoms with E-state index in [1.54, 1.807) is 0 Å². The van der Waals surface area contributed by atoms with Crippen LogP contribution >= 0.6 is 0 Å². The number of benzene rings is 2. The Morgan fingerprint density at radius 3 is 2.21 bits per heavy atom. The molecule has 0 spiro atoms. The van der Waals surface area contributed by atoms with Crippen molar-refractivity contribution in [2.45, 2.75) is 18.5 Å². The van der Waals surface area contributed by atoms with Gasteiger partial charge in [0.2, 0.25) is 0 Å². The molecule has 0 radical (unpaired) electrons. The lowest BCUT2D eigenvalue weighted by atomic mass is 10.2. The molecule has 0 aliphatic rings. The highest BCUT2D eigenvalue weighted by Gasteiger charge is 2.59. The van der Waals surface area contributed by atoms with Gasteiger partial charge >= 0.3 is 12.3 Å². The number of halogens is 6. The van der Waals surface area contributed by atoms with E-state index in [4.69, 9.17) is 9.47 Å². The van der Waals surface area contributed by atoms with Crippen molar-refractivity contribution in [1.29, 1.82) is 0 Å². The van der Waals surface area contributed by atoms with Crippen molar-refractivity contribution in [3.8, 4) is 17.2 Å². The Labute approximate surface area is 161 Å². The van der Waals surface area contributed by atoms with Gasteiger partial charge < -0.3 is 19.5 Å². The predicted octanol–water partition coefficient (Wildman–Crippen LogP) is 4.83. The third-order valence-electron chi connectivity index (χ3n) is 3.57. The molecule has 2 rings (SSSR count). The van der Waals surface area contributed by atoms with Gasteiger partial charge in [-0.25, -0.2) is 4.39 Å². The summed E-state index contributed by atoms with van der Waals surface area (Å²) in [7, 11) is 2.76. The summed E-state index contributed by atoms with van der Waals surface area (Å²) in [5.41, 5.74) is 0.0562. The summed E-state index contributed by atoms with van der Waals surface area (Å²) in [5, 5.41) is 2.36. The van der Waals surface area contributed by atoms with Gasteiger partial charge in [0, 0.05) is 17.3 Å². The van der Waals surface area contributed by atoms with E-state index < -0.39 is 30.1 Å². The maximum atomic E-state index is 13.4. The summed E-state index contributed by atoms with van der Waals surface area (Å²) < 4.78 is 90.3. The van der Waals surface area contributed by atoms with E-state index in [1.165, 1.54) is 38.5 Å². The molecule has 0 saturated heterocycles. The standard InChI is InChI=1S/C18H15F6NO4/c1-27-13-7-6-10(8-14(13)28-2)15(26)25-11-4-3-5-12(9-11)29-18(23,24)16(19)17(20,21)22/h3-9,16H,1-2H3,(H,25,26)/t16-/m1/s1. The van der Waals surface area contributed by atoms with Gasteiger partial charge in [-0.05, 0) is 30.3 Å². The molecule has 5 nitrogen and oxygen atoms in total. The molecular weight excluding hydrogens is 408 g/mol. The molecule has 2 aromatic rings. The second-order valence-corrected chi connectivity index (χ2v) is 5.62. The highest BCUT2D eigenvalue weighted by Crippen LogP contribution is 2.37. The number of carbonyl (C=O) groups is 1. The predicted molar refractivity (Wildman–Crippen MR) is 90.5 cm³/mol. The van der Waals surface area contributed by atoms with Gasteiger partial charge in [0.15, 0.2) is 11.5 Å². The molecule has 0 fully saturated rings. The maximum Gasteiger partial charge on any atom is 0.439 e. The molecule has 0 aromatic heterocycles. The van der Waals surface area contributed by atoms with E-state index in [0.29, 0.717) is 5.75 Å². The van der Waals surface area contributed by atoms with Gasteiger partial charge in [-0.15, -0.1) is 0 Å². The van der Waals surface area contributed by atoms with Crippen molar-refractivity contribution in [3.63, 3.8) is 0 Å². The quantitative estimate of drug-likeness (QED) is 0.649. The smallest absolute Gasteiger partial charge is 0.439 e. The summed E-state index contributed by atoms with van der Waals surface area (Å²) in [5.74, 6) is -0.814. The average Bonchev–Trinajstić information content (AvgIpc) is 2.65. The Kier molecular flexibility index (Phi) is 6.50. The molecule has 1 atom stereocenters. The number of nitrogens with one attached hydrogen (secondary N) is 1. The van der Waals surface area contributed by atoms with Crippen LogP contribution in [0.4, 0.5) is 32.0 Å². The lowest BCUT2D eigenvalue weighted by Crippen LogP contribution is -2.45. The van der Waals surface area contributed by atoms with Crippen LogP contribution in [-0.2, 0) is 0 Å². The molecule has 0 aliphatic heterocycles. The number of anilines is 1. The molecule has 0 bridgehead atoms. The van der Waals surface area contributed by atoms with Gasteiger partial charge in [0.1, 0.15) is 5.75 Å². The number of hydrogen-bond donors (Lipinski definition) is 1. The second-order valence-electron chi connectivity index (χ2n) is 5.62. The van der Waals surface area contributed by atoms with Crippen molar-refractivity contribution < 1.29 is 45.3 Å². The van der Waals surface area contributed by atoms with Gasteiger partial charge in [0.25, 0.3) is 12.1 Å². The lowest BCUT2D eigenvalue weighted by molar-refractivity contribution is -0.304. The van der Waals surface area contributed by atoms with Crippen LogP contribution in [0.1, 0.15) is 10.4 Å². The fraction of sp³-hybridized carbons (Fsp3) is 0.278. The Bertz CT molecular complexity index is 872. The number of hydrogen-bond acceptors (Lipinski definition) is 4. The maximum absolute atomic E-state index is 13.4. The van der Waals surface area contributed by atoms with E-state index in [2.05, 4.69) is 10.1 Å². The molecule has 0 heterocycles. The van der Waals surface area contributed by atoms with Crippen molar-refractivity contribution in [2.24, 2.45) is 0 Å². The first kappa shape index (κ1) is 22.2. The molecule has 2 aromatic carbocycles. The summed E-state index contributed by atoms with van der Waals surface area (Å²) in [4.78, 5) is 12.3. The van der Waals surface area contributed by atoms with Crippen molar-refractivity contribution >= 4 is 11.6 Å². The van der Waals surface area contributed by atoms with E-state index in [-0.39, 0.29) is 17.0 Å². The van der Waals surface area contributed by atoms with Crippen molar-refractivity contribution in [2.75, 3.05) is 19.5 Å². The highest BCUT2D eigenvalue weighted by atomic mass is 19.4. The molecule has 0 unspecified atom stereocenters. The van der Waals surface area contributed by atoms with Crippen LogP contribution in [0.15, 0.2) is 42.5 Å². The minimum atomic E-state index is -5.80.